The summed E-state index contributed by atoms with van der Waals surface area (Å²) in [5.74, 6) is -0.145. The van der Waals surface area contributed by atoms with Gasteiger partial charge >= 0.3 is 0 Å². The largest absolute Gasteiger partial charge is 0.399 e. The quantitative estimate of drug-likeness (QED) is 0.607. The van der Waals surface area contributed by atoms with Crippen molar-refractivity contribution in [3.05, 3.63) is 78.4 Å². The average molecular weight is 359 g/mol. The summed E-state index contributed by atoms with van der Waals surface area (Å²) in [7, 11) is 0. The maximum Gasteiger partial charge on any atom is 0.255 e. The van der Waals surface area contributed by atoms with E-state index in [2.05, 4.69) is 36.2 Å². The Morgan fingerprint density at radius 3 is 2.15 bits per heavy atom. The summed E-state index contributed by atoms with van der Waals surface area (Å²) < 4.78 is 0. The van der Waals surface area contributed by atoms with Crippen LogP contribution in [0.2, 0.25) is 0 Å². The molecule has 4 heteroatoms. The molecule has 0 bridgehead atoms. The zero-order valence-electron chi connectivity index (χ0n) is 15.8. The molecule has 0 saturated heterocycles. The number of nitrogens with one attached hydrogen (secondary N) is 1. The minimum absolute atomic E-state index is 0.145. The molecule has 0 fully saturated rings. The number of rotatable bonds is 6. The van der Waals surface area contributed by atoms with E-state index in [0.29, 0.717) is 11.3 Å². The lowest BCUT2D eigenvalue weighted by molar-refractivity contribution is 0.102. The van der Waals surface area contributed by atoms with Gasteiger partial charge in [0.1, 0.15) is 0 Å². The van der Waals surface area contributed by atoms with Crippen molar-refractivity contribution in [2.75, 3.05) is 29.0 Å². The molecular weight excluding hydrogens is 334 g/mol. The van der Waals surface area contributed by atoms with Gasteiger partial charge in [-0.2, -0.15) is 0 Å². The maximum atomic E-state index is 12.8. The number of hydrogen-bond donors (Lipinski definition) is 2. The third-order valence-corrected chi connectivity index (χ3v) is 4.63. The van der Waals surface area contributed by atoms with Crippen LogP contribution >= 0.6 is 0 Å². The first-order valence-corrected chi connectivity index (χ1v) is 9.23. The van der Waals surface area contributed by atoms with E-state index in [0.717, 1.165) is 35.6 Å². The van der Waals surface area contributed by atoms with Gasteiger partial charge in [-0.05, 0) is 55.3 Å². The summed E-state index contributed by atoms with van der Waals surface area (Å²) in [6.07, 6.45) is 0. The first-order valence-electron chi connectivity index (χ1n) is 9.23. The number of benzene rings is 3. The summed E-state index contributed by atoms with van der Waals surface area (Å²) in [6.45, 7) is 5.89. The molecule has 27 heavy (non-hydrogen) atoms. The lowest BCUT2D eigenvalue weighted by Crippen LogP contribution is -2.24. The topological polar surface area (TPSA) is 58.4 Å². The van der Waals surface area contributed by atoms with Crippen LogP contribution in [-0.4, -0.2) is 19.0 Å². The van der Waals surface area contributed by atoms with Crippen LogP contribution in [0.5, 0.6) is 0 Å². The van der Waals surface area contributed by atoms with Gasteiger partial charge in [0.2, 0.25) is 0 Å². The second kappa shape index (κ2) is 8.41. The number of nitrogens with two attached hydrogens (primary N) is 1. The van der Waals surface area contributed by atoms with Gasteiger partial charge in [-0.1, -0.05) is 42.5 Å². The normalized spacial score (nSPS) is 10.4. The number of amides is 1. The Morgan fingerprint density at radius 2 is 1.52 bits per heavy atom. The Bertz CT molecular complexity index is 901. The molecule has 4 nitrogen and oxygen atoms in total. The highest BCUT2D eigenvalue weighted by molar-refractivity contribution is 6.06. The van der Waals surface area contributed by atoms with E-state index >= 15 is 0 Å². The van der Waals surface area contributed by atoms with Gasteiger partial charge in [-0.15, -0.1) is 0 Å². The van der Waals surface area contributed by atoms with E-state index in [1.165, 1.54) is 0 Å². The fourth-order valence-electron chi connectivity index (χ4n) is 3.13. The van der Waals surface area contributed by atoms with Crippen LogP contribution in [-0.2, 0) is 0 Å². The molecule has 0 aliphatic carbocycles. The van der Waals surface area contributed by atoms with E-state index in [-0.39, 0.29) is 5.91 Å². The molecule has 0 unspecified atom stereocenters. The third-order valence-electron chi connectivity index (χ3n) is 4.63. The number of carbonyl (C=O) groups is 1. The molecule has 138 valence electrons. The second-order valence-electron chi connectivity index (χ2n) is 6.35. The van der Waals surface area contributed by atoms with Crippen molar-refractivity contribution in [1.82, 2.24) is 0 Å². The Morgan fingerprint density at radius 1 is 0.889 bits per heavy atom. The molecule has 0 aliphatic heterocycles. The molecule has 3 rings (SSSR count). The molecule has 3 N–H and O–H groups in total. The number of nitrogens with zero attached hydrogens (tertiary/aromatic N) is 1. The lowest BCUT2D eigenvalue weighted by atomic mass is 10.0. The van der Waals surface area contributed by atoms with Crippen LogP contribution in [0.25, 0.3) is 11.1 Å². The van der Waals surface area contributed by atoms with Crippen molar-refractivity contribution in [1.29, 1.82) is 0 Å². The highest BCUT2D eigenvalue weighted by Crippen LogP contribution is 2.29. The summed E-state index contributed by atoms with van der Waals surface area (Å²) in [5.41, 5.74) is 11.1. The SMILES string of the molecule is CCN(CC)c1ccc(N)cc1NC(=O)c1ccc(-c2ccccc2)cc1. The monoisotopic (exact) mass is 359 g/mol. The van der Waals surface area contributed by atoms with Crippen LogP contribution < -0.4 is 16.0 Å². The van der Waals surface area contributed by atoms with Crippen LogP contribution in [0, 0.1) is 0 Å². The van der Waals surface area contributed by atoms with Gasteiger partial charge in [-0.25, -0.2) is 0 Å². The van der Waals surface area contributed by atoms with Gasteiger partial charge in [0.25, 0.3) is 5.91 Å². The number of anilines is 3. The highest BCUT2D eigenvalue weighted by atomic mass is 16.1. The molecule has 1 amide bonds. The van der Waals surface area contributed by atoms with Gasteiger partial charge in [-0.3, -0.25) is 4.79 Å². The third kappa shape index (κ3) is 4.29. The van der Waals surface area contributed by atoms with E-state index in [1.807, 2.05) is 60.7 Å². The standard InChI is InChI=1S/C23H25N3O/c1-3-26(4-2)22-15-14-20(24)16-21(22)25-23(27)19-12-10-18(11-13-19)17-8-6-5-7-9-17/h5-16H,3-4,24H2,1-2H3,(H,25,27). The zero-order chi connectivity index (χ0) is 19.2. The summed E-state index contributed by atoms with van der Waals surface area (Å²) in [6, 6.07) is 23.4. The van der Waals surface area contributed by atoms with Crippen molar-refractivity contribution in [3.63, 3.8) is 0 Å². The average Bonchev–Trinajstić information content (AvgIpc) is 2.71. The molecule has 0 aromatic heterocycles. The minimum atomic E-state index is -0.145. The lowest BCUT2D eigenvalue weighted by Gasteiger charge is -2.24. The molecule has 0 atom stereocenters. The number of nitrogen functional groups attached to an aromatic ring is 1. The predicted molar refractivity (Wildman–Crippen MR) is 114 cm³/mol. The van der Waals surface area contributed by atoms with Crippen molar-refractivity contribution in [3.8, 4) is 11.1 Å². The fraction of sp³-hybridized carbons (Fsp3) is 0.174. The Hall–Kier alpha value is -3.27. The molecule has 3 aromatic carbocycles. The minimum Gasteiger partial charge on any atom is -0.399 e. The van der Waals surface area contributed by atoms with Crippen molar-refractivity contribution in [2.45, 2.75) is 13.8 Å². The van der Waals surface area contributed by atoms with Crippen LogP contribution in [0.3, 0.4) is 0 Å². The molecule has 0 heterocycles. The Labute approximate surface area is 160 Å². The first kappa shape index (κ1) is 18.5. The van der Waals surface area contributed by atoms with Gasteiger partial charge in [0.15, 0.2) is 0 Å². The summed E-state index contributed by atoms with van der Waals surface area (Å²) in [5, 5.41) is 3.02. The van der Waals surface area contributed by atoms with Crippen LogP contribution in [0.4, 0.5) is 17.1 Å². The fourth-order valence-corrected chi connectivity index (χ4v) is 3.13. The van der Waals surface area contributed by atoms with Gasteiger partial charge < -0.3 is 16.0 Å². The van der Waals surface area contributed by atoms with Crippen molar-refractivity contribution in [2.24, 2.45) is 0 Å². The molecule has 0 radical (unpaired) electrons. The molecule has 0 saturated carbocycles. The predicted octanol–water partition coefficient (Wildman–Crippen LogP) is 5.03. The van der Waals surface area contributed by atoms with Gasteiger partial charge in [0, 0.05) is 24.3 Å². The first-order chi connectivity index (χ1) is 13.1. The molecule has 3 aromatic rings. The van der Waals surface area contributed by atoms with E-state index in [4.69, 9.17) is 5.73 Å². The molecule has 0 spiro atoms. The smallest absolute Gasteiger partial charge is 0.255 e. The molecule has 0 aliphatic rings. The highest BCUT2D eigenvalue weighted by Gasteiger charge is 2.13. The maximum absolute atomic E-state index is 12.8. The van der Waals surface area contributed by atoms with Crippen molar-refractivity contribution >= 4 is 23.0 Å². The van der Waals surface area contributed by atoms with Crippen LogP contribution in [0.15, 0.2) is 72.8 Å². The molecular formula is C23H25N3O. The van der Waals surface area contributed by atoms with E-state index in [1.54, 1.807) is 0 Å². The number of carbonyl (C=O) groups excluding carboxylic acids is 1. The van der Waals surface area contributed by atoms with Crippen LogP contribution in [0.1, 0.15) is 24.2 Å². The van der Waals surface area contributed by atoms with Gasteiger partial charge in [0.05, 0.1) is 11.4 Å². The Balaban J connectivity index is 1.82. The van der Waals surface area contributed by atoms with E-state index in [9.17, 15) is 4.79 Å². The summed E-state index contributed by atoms with van der Waals surface area (Å²) in [4.78, 5) is 14.9. The zero-order valence-corrected chi connectivity index (χ0v) is 15.8. The van der Waals surface area contributed by atoms with E-state index < -0.39 is 0 Å². The second-order valence-corrected chi connectivity index (χ2v) is 6.35. The van der Waals surface area contributed by atoms with Crippen molar-refractivity contribution < 1.29 is 4.79 Å². The Kier molecular flexibility index (Phi) is 5.77. The summed E-state index contributed by atoms with van der Waals surface area (Å²) >= 11 is 0. The number of hydrogen-bond acceptors (Lipinski definition) is 3.